The van der Waals surface area contributed by atoms with Crippen molar-refractivity contribution >= 4 is 16.9 Å². The van der Waals surface area contributed by atoms with Crippen LogP contribution in [0.25, 0.3) is 11.0 Å². The summed E-state index contributed by atoms with van der Waals surface area (Å²) in [5.41, 5.74) is 2.61. The molecule has 3 fully saturated rings. The van der Waals surface area contributed by atoms with Gasteiger partial charge in [0.05, 0.1) is 5.56 Å². The Labute approximate surface area is 158 Å². The lowest BCUT2D eigenvalue weighted by molar-refractivity contribution is 0.0136. The zero-order valence-corrected chi connectivity index (χ0v) is 15.2. The Balaban J connectivity index is 1.40. The number of furan rings is 1. The monoisotopic (exact) mass is 361 g/mol. The number of piperidine rings is 3. The molecule has 3 aromatic rings. The van der Waals surface area contributed by atoms with Crippen LogP contribution in [0.4, 0.5) is 0 Å². The highest BCUT2D eigenvalue weighted by atomic mass is 16.3. The quantitative estimate of drug-likeness (QED) is 0.775. The van der Waals surface area contributed by atoms with Crippen LogP contribution in [-0.4, -0.2) is 41.0 Å². The number of amides is 1. The van der Waals surface area contributed by atoms with E-state index in [-0.39, 0.29) is 11.9 Å². The fourth-order valence-corrected chi connectivity index (χ4v) is 4.76. The summed E-state index contributed by atoms with van der Waals surface area (Å²) in [5, 5.41) is 4.23. The van der Waals surface area contributed by atoms with Gasteiger partial charge in [-0.2, -0.15) is 0 Å². The van der Waals surface area contributed by atoms with E-state index >= 15 is 0 Å². The molecule has 2 bridgehead atoms. The summed E-state index contributed by atoms with van der Waals surface area (Å²) in [6.07, 6.45) is 8.55. The molecule has 3 aliphatic heterocycles. The summed E-state index contributed by atoms with van der Waals surface area (Å²) in [6.45, 7) is 2.24. The number of hydrogen-bond acceptors (Lipinski definition) is 4. The number of benzene rings is 1. The van der Waals surface area contributed by atoms with Gasteiger partial charge < -0.3 is 9.73 Å². The molecule has 138 valence electrons. The SMILES string of the molecule is O=C(NC1C2CCN(CC2)C1Cc1cccnc1)c1coc2ccccc12. The molecule has 5 heterocycles. The van der Waals surface area contributed by atoms with Crippen LogP contribution in [0.1, 0.15) is 28.8 Å². The molecule has 3 saturated heterocycles. The van der Waals surface area contributed by atoms with Crippen molar-refractivity contribution in [3.8, 4) is 0 Å². The molecule has 2 unspecified atom stereocenters. The Morgan fingerprint density at radius 3 is 2.85 bits per heavy atom. The number of aromatic nitrogens is 1. The van der Waals surface area contributed by atoms with Crippen LogP contribution in [0.5, 0.6) is 0 Å². The molecule has 2 aromatic heterocycles. The lowest BCUT2D eigenvalue weighted by Gasteiger charge is -2.51. The molecule has 0 saturated carbocycles. The van der Waals surface area contributed by atoms with Crippen LogP contribution in [0.3, 0.4) is 0 Å². The zero-order chi connectivity index (χ0) is 18.2. The first-order chi connectivity index (χ1) is 13.3. The normalized spacial score (nSPS) is 27.0. The van der Waals surface area contributed by atoms with E-state index in [0.717, 1.165) is 43.3 Å². The first-order valence-electron chi connectivity index (χ1n) is 9.69. The van der Waals surface area contributed by atoms with E-state index in [1.165, 1.54) is 5.56 Å². The van der Waals surface area contributed by atoms with Crippen LogP contribution < -0.4 is 5.32 Å². The van der Waals surface area contributed by atoms with Crippen molar-refractivity contribution in [1.29, 1.82) is 0 Å². The van der Waals surface area contributed by atoms with Crippen LogP contribution in [0, 0.1) is 5.92 Å². The summed E-state index contributed by atoms with van der Waals surface area (Å²) in [4.78, 5) is 19.8. The van der Waals surface area contributed by atoms with E-state index < -0.39 is 0 Å². The molecule has 27 heavy (non-hydrogen) atoms. The second-order valence-corrected chi connectivity index (χ2v) is 7.65. The average Bonchev–Trinajstić information content (AvgIpc) is 3.15. The molecule has 1 N–H and O–H groups in total. The Morgan fingerprint density at radius 1 is 1.19 bits per heavy atom. The number of pyridine rings is 1. The largest absolute Gasteiger partial charge is 0.463 e. The molecule has 5 nitrogen and oxygen atoms in total. The van der Waals surface area contributed by atoms with E-state index in [1.54, 1.807) is 12.5 Å². The minimum absolute atomic E-state index is 0.0325. The first kappa shape index (κ1) is 16.5. The number of nitrogens with zero attached hydrogens (tertiary/aromatic N) is 2. The van der Waals surface area contributed by atoms with E-state index in [9.17, 15) is 4.79 Å². The van der Waals surface area contributed by atoms with Crippen molar-refractivity contribution in [2.45, 2.75) is 31.3 Å². The summed E-state index contributed by atoms with van der Waals surface area (Å²) < 4.78 is 5.56. The van der Waals surface area contributed by atoms with Crippen LogP contribution in [0.15, 0.2) is 59.5 Å². The van der Waals surface area contributed by atoms with E-state index in [1.807, 2.05) is 36.5 Å². The number of fused-ring (bicyclic) bond motifs is 4. The first-order valence-corrected chi connectivity index (χ1v) is 9.69. The average molecular weight is 361 g/mol. The third-order valence-corrected chi connectivity index (χ3v) is 6.16. The van der Waals surface area contributed by atoms with Crippen molar-refractivity contribution in [3.05, 3.63) is 66.2 Å². The van der Waals surface area contributed by atoms with Gasteiger partial charge in [0.25, 0.3) is 5.91 Å². The Morgan fingerprint density at radius 2 is 2.04 bits per heavy atom. The van der Waals surface area contributed by atoms with Crippen LogP contribution >= 0.6 is 0 Å². The van der Waals surface area contributed by atoms with Gasteiger partial charge in [0, 0.05) is 29.9 Å². The fourth-order valence-electron chi connectivity index (χ4n) is 4.76. The molecule has 1 aromatic carbocycles. The van der Waals surface area contributed by atoms with Crippen molar-refractivity contribution < 1.29 is 9.21 Å². The number of rotatable bonds is 4. The maximum Gasteiger partial charge on any atom is 0.255 e. The number of carbonyl (C=O) groups excluding carboxylic acids is 1. The van der Waals surface area contributed by atoms with Crippen molar-refractivity contribution in [1.82, 2.24) is 15.2 Å². The highest BCUT2D eigenvalue weighted by Gasteiger charge is 2.43. The van der Waals surface area contributed by atoms with Gasteiger partial charge in [0.15, 0.2) is 0 Å². The van der Waals surface area contributed by atoms with E-state index in [2.05, 4.69) is 21.3 Å². The predicted octanol–water partition coefficient (Wildman–Crippen LogP) is 3.26. The molecule has 0 radical (unpaired) electrons. The molecular formula is C22H23N3O2. The minimum atomic E-state index is -0.0325. The lowest BCUT2D eigenvalue weighted by atomic mass is 9.76. The van der Waals surface area contributed by atoms with Gasteiger partial charge in [0.1, 0.15) is 11.8 Å². The fraction of sp³-hybridized carbons (Fsp3) is 0.364. The molecule has 3 aliphatic rings. The highest BCUT2D eigenvalue weighted by Crippen LogP contribution is 2.34. The van der Waals surface area contributed by atoms with Gasteiger partial charge in [0.2, 0.25) is 0 Å². The van der Waals surface area contributed by atoms with Gasteiger partial charge >= 0.3 is 0 Å². The summed E-state index contributed by atoms with van der Waals surface area (Å²) in [6, 6.07) is 12.3. The molecule has 6 rings (SSSR count). The number of nitrogens with one attached hydrogen (secondary N) is 1. The molecule has 5 heteroatoms. The third kappa shape index (κ3) is 3.02. The molecule has 2 atom stereocenters. The van der Waals surface area contributed by atoms with Crippen LogP contribution in [0.2, 0.25) is 0 Å². The van der Waals surface area contributed by atoms with Crippen molar-refractivity contribution in [3.63, 3.8) is 0 Å². The van der Waals surface area contributed by atoms with Crippen molar-refractivity contribution in [2.24, 2.45) is 5.92 Å². The maximum atomic E-state index is 13.1. The van der Waals surface area contributed by atoms with Gasteiger partial charge in [-0.05, 0) is 56.0 Å². The lowest BCUT2D eigenvalue weighted by Crippen LogP contribution is -2.64. The number of carbonyl (C=O) groups is 1. The van der Waals surface area contributed by atoms with Gasteiger partial charge in [-0.1, -0.05) is 24.3 Å². The Kier molecular flexibility index (Phi) is 4.17. The predicted molar refractivity (Wildman–Crippen MR) is 103 cm³/mol. The number of para-hydroxylation sites is 1. The summed E-state index contributed by atoms with van der Waals surface area (Å²) in [7, 11) is 0. The zero-order valence-electron chi connectivity index (χ0n) is 15.2. The van der Waals surface area contributed by atoms with Gasteiger partial charge in [-0.25, -0.2) is 0 Å². The molecule has 1 amide bonds. The Bertz CT molecular complexity index is 944. The van der Waals surface area contributed by atoms with E-state index in [4.69, 9.17) is 4.42 Å². The number of hydrogen-bond donors (Lipinski definition) is 1. The second kappa shape index (κ2) is 6.82. The van der Waals surface area contributed by atoms with Gasteiger partial charge in [-0.15, -0.1) is 0 Å². The maximum absolute atomic E-state index is 13.1. The molecule has 0 spiro atoms. The second-order valence-electron chi connectivity index (χ2n) is 7.65. The summed E-state index contributed by atoms with van der Waals surface area (Å²) >= 11 is 0. The standard InChI is InChI=1S/C22H23N3O2/c26-22(18-14-27-20-6-2-1-5-17(18)20)24-21-16-7-10-25(11-8-16)19(21)12-15-4-3-9-23-13-15/h1-6,9,13-14,16,19,21H,7-8,10-12H2,(H,24,26). The highest BCUT2D eigenvalue weighted by molar-refractivity contribution is 6.06. The molecule has 0 aliphatic carbocycles. The Hall–Kier alpha value is -2.66. The molecular weight excluding hydrogens is 338 g/mol. The van der Waals surface area contributed by atoms with Crippen LogP contribution in [-0.2, 0) is 6.42 Å². The topological polar surface area (TPSA) is 58.4 Å². The minimum Gasteiger partial charge on any atom is -0.463 e. The summed E-state index contributed by atoms with van der Waals surface area (Å²) in [5.74, 6) is 0.508. The van der Waals surface area contributed by atoms with Crippen molar-refractivity contribution in [2.75, 3.05) is 13.1 Å². The van der Waals surface area contributed by atoms with Gasteiger partial charge in [-0.3, -0.25) is 14.7 Å². The van der Waals surface area contributed by atoms with E-state index in [0.29, 0.717) is 17.5 Å². The third-order valence-electron chi connectivity index (χ3n) is 6.16. The smallest absolute Gasteiger partial charge is 0.255 e.